The summed E-state index contributed by atoms with van der Waals surface area (Å²) in [5.74, 6) is 0. The number of nitrogens with one attached hydrogen (secondary N) is 4. The highest BCUT2D eigenvalue weighted by Crippen LogP contribution is 2.23. The Morgan fingerprint density at radius 1 is 0.400 bits per heavy atom. The number of unbranched alkanes of at least 4 members (excludes halogenated alkanes) is 4. The average Bonchev–Trinajstić information content (AvgIpc) is 2.87. The zero-order valence-electron chi connectivity index (χ0n) is 23.8. The third kappa shape index (κ3) is 22.8. The first-order chi connectivity index (χ1) is 16.9. The van der Waals surface area contributed by atoms with Crippen LogP contribution in [0.15, 0.2) is 36.4 Å². The lowest BCUT2D eigenvalue weighted by molar-refractivity contribution is 0.567. The Kier molecular flexibility index (Phi) is 44.1. The van der Waals surface area contributed by atoms with E-state index in [1.54, 1.807) is 0 Å². The van der Waals surface area contributed by atoms with E-state index in [1.165, 1.54) is 60.4 Å². The quantitative estimate of drug-likeness (QED) is 0.0880. The van der Waals surface area contributed by atoms with Gasteiger partial charge < -0.3 is 32.7 Å². The highest BCUT2D eigenvalue weighted by molar-refractivity contribution is 5.88. The summed E-state index contributed by atoms with van der Waals surface area (Å²) in [5, 5.41) is 17.0. The van der Waals surface area contributed by atoms with E-state index in [0.717, 1.165) is 78.3 Å². The van der Waals surface area contributed by atoms with Gasteiger partial charge in [0.2, 0.25) is 0 Å². The largest absolute Gasteiger partial charge is 0.330 e. The molecule has 12 heteroatoms. The summed E-state index contributed by atoms with van der Waals surface area (Å²) in [7, 11) is 0. The monoisotopic (exact) mass is 686 g/mol. The van der Waals surface area contributed by atoms with Gasteiger partial charge in [0.25, 0.3) is 0 Å². The minimum absolute atomic E-state index is 0. The molecule has 0 radical (unpaired) electrons. The number of nitrogens with two attached hydrogens (primary N) is 2. The maximum atomic E-state index is 5.53. The van der Waals surface area contributed by atoms with Gasteiger partial charge in [-0.15, -0.1) is 74.4 Å². The van der Waals surface area contributed by atoms with Crippen molar-refractivity contribution in [3.8, 4) is 0 Å². The minimum Gasteiger partial charge on any atom is -0.330 e. The molecule has 0 fully saturated rings. The van der Waals surface area contributed by atoms with Crippen LogP contribution in [-0.2, 0) is 13.1 Å². The van der Waals surface area contributed by atoms with Gasteiger partial charge in [-0.3, -0.25) is 0 Å². The molecule has 2 aromatic carbocycles. The van der Waals surface area contributed by atoms with Gasteiger partial charge in [-0.05, 0) is 126 Å². The number of hydrogen-bond donors (Lipinski definition) is 6. The molecule has 0 aliphatic heterocycles. The Hall–Kier alpha value is 0.200. The molecule has 0 spiro atoms. The van der Waals surface area contributed by atoms with Crippen molar-refractivity contribution in [3.05, 3.63) is 47.5 Å². The molecule has 0 aromatic heterocycles. The van der Waals surface area contributed by atoms with Crippen LogP contribution in [0.25, 0.3) is 10.8 Å². The molecule has 0 aliphatic carbocycles. The van der Waals surface area contributed by atoms with E-state index in [-0.39, 0.29) is 74.4 Å². The van der Waals surface area contributed by atoms with Gasteiger partial charge in [0, 0.05) is 13.1 Å². The number of hydrogen-bond acceptors (Lipinski definition) is 6. The van der Waals surface area contributed by atoms with E-state index >= 15 is 0 Å². The molecule has 6 nitrogen and oxygen atoms in total. The summed E-state index contributed by atoms with van der Waals surface area (Å²) < 4.78 is 0. The van der Waals surface area contributed by atoms with Crippen LogP contribution < -0.4 is 32.7 Å². The summed E-state index contributed by atoms with van der Waals surface area (Å²) in [6.07, 6.45) is 9.43. The van der Waals surface area contributed by atoms with E-state index in [0.29, 0.717) is 0 Å². The van der Waals surface area contributed by atoms with Crippen molar-refractivity contribution in [3.63, 3.8) is 0 Å². The Morgan fingerprint density at radius 3 is 1.02 bits per heavy atom. The summed E-state index contributed by atoms with van der Waals surface area (Å²) in [6, 6.07) is 13.4. The van der Waals surface area contributed by atoms with Gasteiger partial charge >= 0.3 is 0 Å². The third-order valence-corrected chi connectivity index (χ3v) is 6.27. The van der Waals surface area contributed by atoms with Crippen molar-refractivity contribution in [2.24, 2.45) is 11.5 Å². The Labute approximate surface area is 280 Å². The Morgan fingerprint density at radius 2 is 0.700 bits per heavy atom. The summed E-state index contributed by atoms with van der Waals surface area (Å²) in [4.78, 5) is 0. The predicted molar refractivity (Wildman–Crippen MR) is 192 cm³/mol. The molecule has 40 heavy (non-hydrogen) atoms. The molecule has 0 heterocycles. The number of halogens is 6. The smallest absolute Gasteiger partial charge is 0.0211 e. The fourth-order valence-corrected chi connectivity index (χ4v) is 4.22. The molecule has 240 valence electrons. The van der Waals surface area contributed by atoms with Crippen molar-refractivity contribution in [2.75, 3.05) is 52.4 Å². The van der Waals surface area contributed by atoms with E-state index in [4.69, 9.17) is 11.5 Å². The van der Waals surface area contributed by atoms with Crippen LogP contribution in [-0.4, -0.2) is 52.4 Å². The molecule has 8 N–H and O–H groups in total. The number of fused-ring (bicyclic) bond motifs is 1. The minimum atomic E-state index is 0. The first-order valence-electron chi connectivity index (χ1n) is 13.6. The first-order valence-corrected chi connectivity index (χ1v) is 13.6. The molecular formula is C28H56Cl6N6. The van der Waals surface area contributed by atoms with Crippen LogP contribution in [0.1, 0.15) is 62.5 Å². The molecule has 0 aliphatic rings. The predicted octanol–water partition coefficient (Wildman–Crippen LogP) is 5.77. The third-order valence-electron chi connectivity index (χ3n) is 6.27. The van der Waals surface area contributed by atoms with Crippen molar-refractivity contribution < 1.29 is 0 Å². The zero-order valence-corrected chi connectivity index (χ0v) is 28.7. The van der Waals surface area contributed by atoms with Crippen LogP contribution >= 0.6 is 74.4 Å². The van der Waals surface area contributed by atoms with E-state index < -0.39 is 0 Å². The molecule has 0 atom stereocenters. The molecule has 0 amide bonds. The Bertz CT molecular complexity index is 713. The molecular weight excluding hydrogens is 633 g/mol. The van der Waals surface area contributed by atoms with Gasteiger partial charge in [-0.1, -0.05) is 36.4 Å². The molecule has 2 rings (SSSR count). The molecule has 0 saturated carbocycles. The van der Waals surface area contributed by atoms with Gasteiger partial charge in [-0.2, -0.15) is 0 Å². The van der Waals surface area contributed by atoms with Gasteiger partial charge in [0.1, 0.15) is 0 Å². The SMILES string of the molecule is Cl.Cl.Cl.Cl.Cl.Cl.NCCCCNCCCCNCc1ccc(CNCCCCNCCCCN)c2ccccc12. The normalized spacial score (nSPS) is 9.75. The fourth-order valence-electron chi connectivity index (χ4n) is 4.22. The zero-order chi connectivity index (χ0) is 24.1. The second-order valence-electron chi connectivity index (χ2n) is 9.19. The average molecular weight is 690 g/mol. The fraction of sp³-hybridized carbons (Fsp3) is 0.643. The van der Waals surface area contributed by atoms with Gasteiger partial charge in [0.05, 0.1) is 0 Å². The van der Waals surface area contributed by atoms with Crippen LogP contribution in [0.2, 0.25) is 0 Å². The van der Waals surface area contributed by atoms with E-state index in [1.807, 2.05) is 0 Å². The summed E-state index contributed by atoms with van der Waals surface area (Å²) in [6.45, 7) is 9.94. The van der Waals surface area contributed by atoms with Crippen LogP contribution in [0.5, 0.6) is 0 Å². The topological polar surface area (TPSA) is 100 Å². The molecule has 2 aromatic rings. The summed E-state index contributed by atoms with van der Waals surface area (Å²) in [5.41, 5.74) is 13.8. The highest BCUT2D eigenvalue weighted by atomic mass is 35.5. The molecule has 0 saturated heterocycles. The molecule has 0 bridgehead atoms. The van der Waals surface area contributed by atoms with Crippen molar-refractivity contribution in [1.29, 1.82) is 0 Å². The second kappa shape index (κ2) is 35.4. The van der Waals surface area contributed by atoms with E-state index in [9.17, 15) is 0 Å². The van der Waals surface area contributed by atoms with Gasteiger partial charge in [-0.25, -0.2) is 0 Å². The lowest BCUT2D eigenvalue weighted by Crippen LogP contribution is -2.20. The van der Waals surface area contributed by atoms with Crippen molar-refractivity contribution in [2.45, 2.75) is 64.5 Å². The maximum Gasteiger partial charge on any atom is 0.0211 e. The number of rotatable bonds is 22. The van der Waals surface area contributed by atoms with Crippen molar-refractivity contribution >= 4 is 85.2 Å². The van der Waals surface area contributed by atoms with Crippen LogP contribution in [0.3, 0.4) is 0 Å². The Balaban J connectivity index is -0.000000681. The van der Waals surface area contributed by atoms with E-state index in [2.05, 4.69) is 57.7 Å². The first kappa shape index (κ1) is 49.9. The molecule has 0 unspecified atom stereocenters. The maximum absolute atomic E-state index is 5.53. The van der Waals surface area contributed by atoms with Gasteiger partial charge in [0.15, 0.2) is 0 Å². The number of benzene rings is 2. The standard InChI is InChI=1S/C28H50N6.6ClH/c29-15-3-5-17-31-19-7-9-21-33-23-25-13-14-26(28-12-2-1-11-27(25)28)24-34-22-10-8-20-32-18-6-4-16-30;;;;;;/h1-2,11-14,31-34H,3-10,15-24,29-30H2;6*1H. The highest BCUT2D eigenvalue weighted by Gasteiger charge is 2.05. The van der Waals surface area contributed by atoms with Crippen LogP contribution in [0, 0.1) is 0 Å². The van der Waals surface area contributed by atoms with Crippen LogP contribution in [0.4, 0.5) is 0 Å². The summed E-state index contributed by atoms with van der Waals surface area (Å²) >= 11 is 0. The lowest BCUT2D eigenvalue weighted by Gasteiger charge is -2.13. The van der Waals surface area contributed by atoms with Crippen molar-refractivity contribution in [1.82, 2.24) is 21.3 Å². The second-order valence-corrected chi connectivity index (χ2v) is 9.19. The lowest BCUT2D eigenvalue weighted by atomic mass is 9.99.